The molecule has 172 valence electrons. The van der Waals surface area contributed by atoms with E-state index in [0.29, 0.717) is 24.4 Å². The second-order valence-corrected chi connectivity index (χ2v) is 9.30. The van der Waals surface area contributed by atoms with Crippen molar-refractivity contribution in [2.45, 2.75) is 44.3 Å². The van der Waals surface area contributed by atoms with Gasteiger partial charge in [0.25, 0.3) is 0 Å². The molecule has 0 unspecified atom stereocenters. The number of fused-ring (bicyclic) bond motifs is 2. The van der Waals surface area contributed by atoms with Crippen LogP contribution in [-0.4, -0.2) is 56.2 Å². The molecular formula is C23H27N7O2S. The Morgan fingerprint density at radius 3 is 2.85 bits per heavy atom. The summed E-state index contributed by atoms with van der Waals surface area (Å²) in [6.45, 7) is 5.11. The van der Waals surface area contributed by atoms with Crippen LogP contribution >= 0.6 is 11.8 Å². The first-order chi connectivity index (χ1) is 16.2. The lowest BCUT2D eigenvalue weighted by Gasteiger charge is -2.28. The highest BCUT2D eigenvalue weighted by molar-refractivity contribution is 7.99. The minimum atomic E-state index is -0.101. The molecule has 1 aliphatic rings. The number of amides is 1. The SMILES string of the molecule is CCSc1nc(N2CCCCC2)c2cnn(CCNC(=O)Cc3noc4ccccc34)c2n1. The summed E-state index contributed by atoms with van der Waals surface area (Å²) in [6.07, 6.45) is 5.66. The molecule has 0 aliphatic carbocycles. The zero-order valence-electron chi connectivity index (χ0n) is 18.7. The van der Waals surface area contributed by atoms with Crippen molar-refractivity contribution in [1.82, 2.24) is 30.2 Å². The Morgan fingerprint density at radius 1 is 1.15 bits per heavy atom. The number of thioether (sulfide) groups is 1. The van der Waals surface area contributed by atoms with Crippen LogP contribution in [0.1, 0.15) is 31.9 Å². The standard InChI is InChI=1S/C23H27N7O2S/c1-2-33-23-26-21(29-11-6-3-7-12-29)17-15-25-30(22(17)27-23)13-10-24-20(31)14-18-16-8-4-5-9-19(16)32-28-18/h4-5,8-9,15H,2-3,6-7,10-14H2,1H3,(H,24,31). The van der Waals surface area contributed by atoms with Crippen LogP contribution < -0.4 is 10.2 Å². The van der Waals surface area contributed by atoms with Gasteiger partial charge in [-0.2, -0.15) is 5.10 Å². The van der Waals surface area contributed by atoms with Crippen LogP contribution in [0, 0.1) is 0 Å². The average Bonchev–Trinajstić information content (AvgIpc) is 3.44. The first kappa shape index (κ1) is 21.7. The highest BCUT2D eigenvalue weighted by atomic mass is 32.2. The molecule has 0 atom stereocenters. The van der Waals surface area contributed by atoms with E-state index >= 15 is 0 Å². The molecule has 1 amide bonds. The summed E-state index contributed by atoms with van der Waals surface area (Å²) < 4.78 is 7.15. The highest BCUT2D eigenvalue weighted by Gasteiger charge is 2.20. The maximum absolute atomic E-state index is 12.5. The number of hydrogen-bond donors (Lipinski definition) is 1. The molecule has 1 aliphatic heterocycles. The topological polar surface area (TPSA) is 102 Å². The van der Waals surface area contributed by atoms with Crippen LogP contribution in [0.4, 0.5) is 5.82 Å². The van der Waals surface area contributed by atoms with E-state index in [-0.39, 0.29) is 12.3 Å². The monoisotopic (exact) mass is 465 g/mol. The van der Waals surface area contributed by atoms with E-state index in [1.807, 2.05) is 35.1 Å². The lowest BCUT2D eigenvalue weighted by atomic mass is 10.1. The van der Waals surface area contributed by atoms with Crippen molar-refractivity contribution in [3.8, 4) is 0 Å². The van der Waals surface area contributed by atoms with E-state index in [4.69, 9.17) is 14.5 Å². The van der Waals surface area contributed by atoms with E-state index in [2.05, 4.69) is 27.4 Å². The van der Waals surface area contributed by atoms with Gasteiger partial charge < -0.3 is 14.7 Å². The molecule has 4 aromatic rings. The van der Waals surface area contributed by atoms with Gasteiger partial charge in [0.1, 0.15) is 11.5 Å². The van der Waals surface area contributed by atoms with E-state index in [1.165, 1.54) is 19.3 Å². The Bertz CT molecular complexity index is 1260. The van der Waals surface area contributed by atoms with E-state index in [0.717, 1.165) is 46.2 Å². The molecule has 9 nitrogen and oxygen atoms in total. The lowest BCUT2D eigenvalue weighted by molar-refractivity contribution is -0.120. The summed E-state index contributed by atoms with van der Waals surface area (Å²) in [5, 5.41) is 14.2. The number of nitrogens with zero attached hydrogens (tertiary/aromatic N) is 6. The molecule has 1 fully saturated rings. The van der Waals surface area contributed by atoms with Crippen molar-refractivity contribution in [2.24, 2.45) is 0 Å². The molecule has 5 rings (SSSR count). The molecule has 1 saturated heterocycles. The van der Waals surface area contributed by atoms with E-state index in [1.54, 1.807) is 11.8 Å². The van der Waals surface area contributed by atoms with Gasteiger partial charge in [-0.1, -0.05) is 36.0 Å². The Hall–Kier alpha value is -3.14. The fourth-order valence-corrected chi connectivity index (χ4v) is 4.77. The maximum atomic E-state index is 12.5. The molecule has 1 aromatic carbocycles. The third kappa shape index (κ3) is 4.66. The van der Waals surface area contributed by atoms with Gasteiger partial charge >= 0.3 is 0 Å². The average molecular weight is 466 g/mol. The van der Waals surface area contributed by atoms with Crippen LogP contribution in [0.2, 0.25) is 0 Å². The van der Waals surface area contributed by atoms with Crippen LogP contribution in [-0.2, 0) is 17.8 Å². The number of para-hydroxylation sites is 1. The van der Waals surface area contributed by atoms with E-state index < -0.39 is 0 Å². The van der Waals surface area contributed by atoms with Crippen LogP contribution in [0.5, 0.6) is 0 Å². The van der Waals surface area contributed by atoms with Gasteiger partial charge in [-0.3, -0.25) is 4.79 Å². The first-order valence-corrected chi connectivity index (χ1v) is 12.4. The number of benzene rings is 1. The van der Waals surface area contributed by atoms with Crippen LogP contribution in [0.3, 0.4) is 0 Å². The first-order valence-electron chi connectivity index (χ1n) is 11.4. The number of carbonyl (C=O) groups is 1. The summed E-state index contributed by atoms with van der Waals surface area (Å²) in [4.78, 5) is 24.4. The molecule has 0 spiro atoms. The minimum absolute atomic E-state index is 0.101. The van der Waals surface area contributed by atoms with Gasteiger partial charge in [0.05, 0.1) is 24.5 Å². The van der Waals surface area contributed by atoms with Crippen molar-refractivity contribution in [3.05, 3.63) is 36.2 Å². The van der Waals surface area contributed by atoms with Gasteiger partial charge in [0.2, 0.25) is 5.91 Å². The molecule has 1 N–H and O–H groups in total. The summed E-state index contributed by atoms with van der Waals surface area (Å²) in [7, 11) is 0. The quantitative estimate of drug-likeness (QED) is 0.312. The Morgan fingerprint density at radius 2 is 2.00 bits per heavy atom. The zero-order chi connectivity index (χ0) is 22.6. The highest BCUT2D eigenvalue weighted by Crippen LogP contribution is 2.29. The van der Waals surface area contributed by atoms with Gasteiger partial charge in [0, 0.05) is 25.0 Å². The van der Waals surface area contributed by atoms with Gasteiger partial charge in [0.15, 0.2) is 16.4 Å². The van der Waals surface area contributed by atoms with E-state index in [9.17, 15) is 4.79 Å². The molecule has 4 heterocycles. The lowest BCUT2D eigenvalue weighted by Crippen LogP contribution is -2.30. The zero-order valence-corrected chi connectivity index (χ0v) is 19.5. The molecule has 3 aromatic heterocycles. The third-order valence-corrected chi connectivity index (χ3v) is 6.54. The fraction of sp³-hybridized carbons (Fsp3) is 0.435. The van der Waals surface area contributed by atoms with Crippen molar-refractivity contribution in [2.75, 3.05) is 30.3 Å². The number of rotatable bonds is 8. The molecule has 10 heteroatoms. The third-order valence-electron chi connectivity index (χ3n) is 5.81. The number of piperidine rings is 1. The number of carbonyl (C=O) groups excluding carboxylic acids is 1. The molecule has 0 saturated carbocycles. The van der Waals surface area contributed by atoms with Gasteiger partial charge in [-0.25, -0.2) is 14.6 Å². The maximum Gasteiger partial charge on any atom is 0.226 e. The molecular weight excluding hydrogens is 438 g/mol. The molecule has 0 radical (unpaired) electrons. The number of nitrogens with one attached hydrogen (secondary N) is 1. The Kier molecular flexibility index (Phi) is 6.43. The molecule has 0 bridgehead atoms. The minimum Gasteiger partial charge on any atom is -0.356 e. The van der Waals surface area contributed by atoms with Crippen LogP contribution in [0.25, 0.3) is 22.0 Å². The van der Waals surface area contributed by atoms with Gasteiger partial charge in [-0.05, 0) is 37.1 Å². The Balaban J connectivity index is 1.28. The summed E-state index contributed by atoms with van der Waals surface area (Å²) in [5.74, 6) is 1.78. The largest absolute Gasteiger partial charge is 0.356 e. The van der Waals surface area contributed by atoms with Gasteiger partial charge in [-0.15, -0.1) is 0 Å². The van der Waals surface area contributed by atoms with Crippen LogP contribution in [0.15, 0.2) is 40.1 Å². The number of hydrogen-bond acceptors (Lipinski definition) is 8. The van der Waals surface area contributed by atoms with Crippen molar-refractivity contribution in [3.63, 3.8) is 0 Å². The number of anilines is 1. The summed E-state index contributed by atoms with van der Waals surface area (Å²) in [5.41, 5.74) is 2.15. The normalized spacial score (nSPS) is 14.3. The number of aromatic nitrogens is 5. The van der Waals surface area contributed by atoms with Crippen molar-refractivity contribution < 1.29 is 9.32 Å². The second-order valence-electron chi connectivity index (χ2n) is 8.07. The smallest absolute Gasteiger partial charge is 0.226 e. The van der Waals surface area contributed by atoms with Crippen molar-refractivity contribution in [1.29, 1.82) is 0 Å². The predicted octanol–water partition coefficient (Wildman–Crippen LogP) is 3.43. The Labute approximate surface area is 195 Å². The predicted molar refractivity (Wildman–Crippen MR) is 129 cm³/mol. The summed E-state index contributed by atoms with van der Waals surface area (Å²) >= 11 is 1.64. The summed E-state index contributed by atoms with van der Waals surface area (Å²) in [6, 6.07) is 7.55. The fourth-order valence-electron chi connectivity index (χ4n) is 4.21. The second kappa shape index (κ2) is 9.78. The molecule has 33 heavy (non-hydrogen) atoms. The van der Waals surface area contributed by atoms with Crippen molar-refractivity contribution >= 4 is 45.5 Å².